The van der Waals surface area contributed by atoms with Gasteiger partial charge in [-0.05, 0) is 19.0 Å². The van der Waals surface area contributed by atoms with E-state index in [1.54, 1.807) is 26.8 Å². The van der Waals surface area contributed by atoms with E-state index in [0.717, 1.165) is 0 Å². The third-order valence-corrected chi connectivity index (χ3v) is 2.68. The lowest BCUT2D eigenvalue weighted by molar-refractivity contribution is 0.428. The molecule has 0 fully saturated rings. The van der Waals surface area contributed by atoms with Crippen LogP contribution >= 0.6 is 0 Å². The van der Waals surface area contributed by atoms with Crippen LogP contribution < -0.4 is 5.32 Å². The Morgan fingerprint density at radius 2 is 1.92 bits per heavy atom. The molecule has 0 saturated heterocycles. The van der Waals surface area contributed by atoms with Crippen molar-refractivity contribution in [1.82, 2.24) is 5.32 Å². The Morgan fingerprint density at radius 1 is 1.42 bits per heavy atom. The van der Waals surface area contributed by atoms with Gasteiger partial charge in [0.25, 0.3) is 10.1 Å². The molecule has 72 valence electrons. The summed E-state index contributed by atoms with van der Waals surface area (Å²) in [4.78, 5) is 0. The van der Waals surface area contributed by atoms with Crippen molar-refractivity contribution >= 4 is 10.1 Å². The summed E-state index contributed by atoms with van der Waals surface area (Å²) < 4.78 is 30.2. The van der Waals surface area contributed by atoms with Gasteiger partial charge in [0.2, 0.25) is 0 Å². The quantitative estimate of drug-likeness (QED) is 0.653. The Hall–Kier alpha value is -0.550. The van der Waals surface area contributed by atoms with Crippen molar-refractivity contribution in [3.8, 4) is 0 Å². The number of allylic oxidation sites excluding steroid dienone is 1. The van der Waals surface area contributed by atoms with E-state index in [4.69, 9.17) is 4.55 Å². The second-order valence-electron chi connectivity index (χ2n) is 2.85. The molecule has 2 N–H and O–H groups in total. The van der Waals surface area contributed by atoms with E-state index in [1.165, 1.54) is 6.20 Å². The first-order valence-corrected chi connectivity index (χ1v) is 5.23. The average molecular weight is 193 g/mol. The highest BCUT2D eigenvalue weighted by Gasteiger charge is 2.24. The SMILES string of the molecule is CC=CNC(C(C)C)S(=O)(=O)O. The monoisotopic (exact) mass is 193 g/mol. The highest BCUT2D eigenvalue weighted by Crippen LogP contribution is 2.07. The van der Waals surface area contributed by atoms with E-state index in [0.29, 0.717) is 0 Å². The van der Waals surface area contributed by atoms with Crippen molar-refractivity contribution in [1.29, 1.82) is 0 Å². The van der Waals surface area contributed by atoms with Gasteiger partial charge in [-0.15, -0.1) is 0 Å². The van der Waals surface area contributed by atoms with Crippen LogP contribution in [-0.2, 0) is 10.1 Å². The molecule has 0 aromatic heterocycles. The second-order valence-corrected chi connectivity index (χ2v) is 4.38. The molecule has 4 nitrogen and oxygen atoms in total. The Kier molecular flexibility index (Phi) is 4.26. The number of hydrogen-bond acceptors (Lipinski definition) is 3. The molecule has 0 radical (unpaired) electrons. The summed E-state index contributed by atoms with van der Waals surface area (Å²) in [6.45, 7) is 5.19. The van der Waals surface area contributed by atoms with Gasteiger partial charge in [-0.2, -0.15) is 8.42 Å². The minimum absolute atomic E-state index is 0.170. The Morgan fingerprint density at radius 3 is 2.17 bits per heavy atom. The number of hydrogen-bond donors (Lipinski definition) is 2. The van der Waals surface area contributed by atoms with Gasteiger partial charge in [-0.25, -0.2) is 0 Å². The third kappa shape index (κ3) is 3.73. The molecule has 5 heteroatoms. The molecule has 0 saturated carbocycles. The van der Waals surface area contributed by atoms with Gasteiger partial charge in [-0.1, -0.05) is 19.9 Å². The fourth-order valence-electron chi connectivity index (χ4n) is 0.813. The fraction of sp³-hybridized carbons (Fsp3) is 0.714. The first-order chi connectivity index (χ1) is 5.39. The smallest absolute Gasteiger partial charge is 0.286 e. The summed E-state index contributed by atoms with van der Waals surface area (Å²) in [5.74, 6) is -0.170. The molecule has 0 aliphatic heterocycles. The van der Waals surface area contributed by atoms with Gasteiger partial charge in [0.15, 0.2) is 5.37 Å². The van der Waals surface area contributed by atoms with Gasteiger partial charge in [-0.3, -0.25) is 4.55 Å². The van der Waals surface area contributed by atoms with Gasteiger partial charge in [0.05, 0.1) is 0 Å². The molecule has 1 atom stereocenters. The van der Waals surface area contributed by atoms with Crippen molar-refractivity contribution in [2.24, 2.45) is 5.92 Å². The van der Waals surface area contributed by atoms with Crippen LogP contribution in [0.3, 0.4) is 0 Å². The Balaban J connectivity index is 4.46. The van der Waals surface area contributed by atoms with Crippen molar-refractivity contribution in [2.75, 3.05) is 0 Å². The maximum Gasteiger partial charge on any atom is 0.286 e. The molecule has 0 spiro atoms. The van der Waals surface area contributed by atoms with E-state index >= 15 is 0 Å². The van der Waals surface area contributed by atoms with Crippen LogP contribution in [0.25, 0.3) is 0 Å². The summed E-state index contributed by atoms with van der Waals surface area (Å²) in [6, 6.07) is 0. The van der Waals surface area contributed by atoms with E-state index in [-0.39, 0.29) is 5.92 Å². The summed E-state index contributed by atoms with van der Waals surface area (Å²) >= 11 is 0. The first-order valence-electron chi connectivity index (χ1n) is 3.73. The van der Waals surface area contributed by atoms with Crippen LogP contribution in [0.15, 0.2) is 12.3 Å². The van der Waals surface area contributed by atoms with Gasteiger partial charge >= 0.3 is 0 Å². The van der Waals surface area contributed by atoms with E-state index < -0.39 is 15.5 Å². The average Bonchev–Trinajstić information content (AvgIpc) is 1.84. The molecule has 12 heavy (non-hydrogen) atoms. The Bertz CT molecular complexity index is 243. The molecular formula is C7H15NO3S. The van der Waals surface area contributed by atoms with Crippen LogP contribution in [0, 0.1) is 5.92 Å². The topological polar surface area (TPSA) is 66.4 Å². The molecule has 0 aromatic carbocycles. The van der Waals surface area contributed by atoms with Crippen molar-refractivity contribution < 1.29 is 13.0 Å². The van der Waals surface area contributed by atoms with Gasteiger partial charge < -0.3 is 5.32 Å². The summed E-state index contributed by atoms with van der Waals surface area (Å²) in [7, 11) is -4.00. The van der Waals surface area contributed by atoms with Crippen LogP contribution in [-0.4, -0.2) is 18.3 Å². The number of nitrogens with one attached hydrogen (secondary N) is 1. The molecule has 0 rings (SSSR count). The minimum atomic E-state index is -4.00. The van der Waals surface area contributed by atoms with Crippen molar-refractivity contribution in [3.63, 3.8) is 0 Å². The first kappa shape index (κ1) is 11.4. The normalized spacial score (nSPS) is 15.4. The molecule has 1 unspecified atom stereocenters. The van der Waals surface area contributed by atoms with Crippen LogP contribution in [0.2, 0.25) is 0 Å². The highest BCUT2D eigenvalue weighted by molar-refractivity contribution is 7.86. The van der Waals surface area contributed by atoms with Crippen LogP contribution in [0.4, 0.5) is 0 Å². The Labute approximate surface area is 73.4 Å². The minimum Gasteiger partial charge on any atom is -0.373 e. The standard InChI is InChI=1S/C7H15NO3S/c1-4-5-8-7(6(2)3)12(9,10)11/h4-8H,1-3H3,(H,9,10,11). The van der Waals surface area contributed by atoms with Crippen LogP contribution in [0.5, 0.6) is 0 Å². The molecular weight excluding hydrogens is 178 g/mol. The van der Waals surface area contributed by atoms with E-state index in [2.05, 4.69) is 5.32 Å². The second kappa shape index (κ2) is 4.47. The van der Waals surface area contributed by atoms with Crippen LogP contribution in [0.1, 0.15) is 20.8 Å². The van der Waals surface area contributed by atoms with E-state index in [1.807, 2.05) is 0 Å². The van der Waals surface area contributed by atoms with Crippen molar-refractivity contribution in [3.05, 3.63) is 12.3 Å². The molecule has 0 aliphatic rings. The summed E-state index contributed by atoms with van der Waals surface area (Å²) in [5.41, 5.74) is 0. The highest BCUT2D eigenvalue weighted by atomic mass is 32.2. The maximum atomic E-state index is 10.7. The zero-order chi connectivity index (χ0) is 9.78. The molecule has 0 aromatic rings. The predicted molar refractivity (Wildman–Crippen MR) is 48.1 cm³/mol. The zero-order valence-electron chi connectivity index (χ0n) is 7.48. The largest absolute Gasteiger partial charge is 0.373 e. The lowest BCUT2D eigenvalue weighted by Crippen LogP contribution is -2.37. The fourth-order valence-corrected chi connectivity index (χ4v) is 1.75. The lowest BCUT2D eigenvalue weighted by Gasteiger charge is -2.17. The summed E-state index contributed by atoms with van der Waals surface area (Å²) in [6.07, 6.45) is 3.17. The van der Waals surface area contributed by atoms with Crippen molar-refractivity contribution in [2.45, 2.75) is 26.1 Å². The predicted octanol–water partition coefficient (Wildman–Crippen LogP) is 0.980. The lowest BCUT2D eigenvalue weighted by atomic mass is 10.2. The third-order valence-electron chi connectivity index (χ3n) is 1.35. The zero-order valence-corrected chi connectivity index (χ0v) is 8.30. The maximum absolute atomic E-state index is 10.7. The van der Waals surface area contributed by atoms with E-state index in [9.17, 15) is 8.42 Å². The molecule has 0 amide bonds. The summed E-state index contributed by atoms with van der Waals surface area (Å²) in [5, 5.41) is 1.67. The van der Waals surface area contributed by atoms with Gasteiger partial charge in [0.1, 0.15) is 0 Å². The molecule has 0 bridgehead atoms. The molecule has 0 aliphatic carbocycles. The van der Waals surface area contributed by atoms with Gasteiger partial charge in [0, 0.05) is 0 Å². The number of rotatable bonds is 4. The molecule has 0 heterocycles.